The maximum absolute atomic E-state index is 13.4. The number of methoxy groups -OCH3 is 1. The number of hydrogen-bond acceptors (Lipinski definition) is 5. The number of ether oxygens (including phenoxy) is 1. The molecule has 0 unspecified atom stereocenters. The lowest BCUT2D eigenvalue weighted by Gasteiger charge is -2.15. The summed E-state index contributed by atoms with van der Waals surface area (Å²) < 4.78 is 6.95. The summed E-state index contributed by atoms with van der Waals surface area (Å²) in [6.07, 6.45) is 0. The number of aromatic nitrogens is 2. The van der Waals surface area contributed by atoms with Crippen LogP contribution < -0.4 is 15.6 Å². The van der Waals surface area contributed by atoms with Crippen LogP contribution in [-0.4, -0.2) is 28.3 Å². The normalized spacial score (nSPS) is 10.9. The molecule has 168 valence electrons. The third-order valence-corrected chi connectivity index (χ3v) is 6.28. The molecule has 3 aromatic carbocycles. The molecule has 0 saturated heterocycles. The first-order valence-corrected chi connectivity index (χ1v) is 11.6. The SMILES string of the molecule is COc1ccccc1CNC(=O)CSc1nc2ccccc2c(=O)n1-c1ccc(C)cc1C. The Morgan fingerprint density at radius 1 is 1.06 bits per heavy atom. The van der Waals surface area contributed by atoms with Gasteiger partial charge in [-0.15, -0.1) is 0 Å². The Balaban J connectivity index is 1.61. The van der Waals surface area contributed by atoms with Gasteiger partial charge in [0.1, 0.15) is 5.75 Å². The van der Waals surface area contributed by atoms with Gasteiger partial charge in [-0.05, 0) is 43.7 Å². The Morgan fingerprint density at radius 3 is 2.61 bits per heavy atom. The molecule has 1 heterocycles. The second-order valence-corrected chi connectivity index (χ2v) is 8.66. The highest BCUT2D eigenvalue weighted by Gasteiger charge is 2.16. The molecule has 0 fully saturated rings. The van der Waals surface area contributed by atoms with E-state index in [1.807, 2.05) is 74.5 Å². The highest BCUT2D eigenvalue weighted by molar-refractivity contribution is 7.99. The minimum Gasteiger partial charge on any atom is -0.496 e. The lowest BCUT2D eigenvalue weighted by Crippen LogP contribution is -2.26. The van der Waals surface area contributed by atoms with E-state index in [9.17, 15) is 9.59 Å². The zero-order chi connectivity index (χ0) is 23.4. The number of aryl methyl sites for hydroxylation is 2. The van der Waals surface area contributed by atoms with E-state index in [1.54, 1.807) is 17.7 Å². The van der Waals surface area contributed by atoms with E-state index in [0.717, 1.165) is 28.1 Å². The van der Waals surface area contributed by atoms with Gasteiger partial charge in [0, 0.05) is 12.1 Å². The van der Waals surface area contributed by atoms with E-state index in [1.165, 1.54) is 11.8 Å². The molecule has 7 heteroatoms. The van der Waals surface area contributed by atoms with E-state index < -0.39 is 0 Å². The smallest absolute Gasteiger partial charge is 0.266 e. The maximum atomic E-state index is 13.4. The lowest BCUT2D eigenvalue weighted by atomic mass is 10.1. The van der Waals surface area contributed by atoms with Crippen LogP contribution in [0.15, 0.2) is 76.7 Å². The van der Waals surface area contributed by atoms with Crippen molar-refractivity contribution < 1.29 is 9.53 Å². The van der Waals surface area contributed by atoms with Crippen molar-refractivity contribution in [2.75, 3.05) is 12.9 Å². The second-order valence-electron chi connectivity index (χ2n) is 7.72. The quantitative estimate of drug-likeness (QED) is 0.327. The Hall–Kier alpha value is -3.58. The molecular formula is C26H25N3O3S. The number of para-hydroxylation sites is 2. The molecule has 0 spiro atoms. The van der Waals surface area contributed by atoms with Gasteiger partial charge in [0.25, 0.3) is 5.56 Å². The number of benzene rings is 3. The number of nitrogens with one attached hydrogen (secondary N) is 1. The minimum atomic E-state index is -0.152. The van der Waals surface area contributed by atoms with Crippen molar-refractivity contribution >= 4 is 28.6 Å². The van der Waals surface area contributed by atoms with Crippen LogP contribution in [0.2, 0.25) is 0 Å². The molecule has 33 heavy (non-hydrogen) atoms. The number of amides is 1. The van der Waals surface area contributed by atoms with E-state index in [0.29, 0.717) is 22.6 Å². The fraction of sp³-hybridized carbons (Fsp3) is 0.192. The molecule has 1 amide bonds. The van der Waals surface area contributed by atoms with Crippen LogP contribution in [0.1, 0.15) is 16.7 Å². The molecule has 4 aromatic rings. The summed E-state index contributed by atoms with van der Waals surface area (Å²) in [6.45, 7) is 4.34. The van der Waals surface area contributed by atoms with Gasteiger partial charge in [0.2, 0.25) is 5.91 Å². The van der Waals surface area contributed by atoms with Crippen LogP contribution in [-0.2, 0) is 11.3 Å². The zero-order valence-electron chi connectivity index (χ0n) is 18.8. The van der Waals surface area contributed by atoms with Crippen molar-refractivity contribution in [3.05, 3.63) is 93.8 Å². The van der Waals surface area contributed by atoms with E-state index in [4.69, 9.17) is 9.72 Å². The van der Waals surface area contributed by atoms with E-state index in [-0.39, 0.29) is 17.2 Å². The third kappa shape index (κ3) is 4.93. The van der Waals surface area contributed by atoms with Gasteiger partial charge in [-0.2, -0.15) is 0 Å². The second kappa shape index (κ2) is 9.92. The Morgan fingerprint density at radius 2 is 1.82 bits per heavy atom. The molecule has 0 radical (unpaired) electrons. The predicted octanol–water partition coefficient (Wildman–Crippen LogP) is 4.42. The number of fused-ring (bicyclic) bond motifs is 1. The van der Waals surface area contributed by atoms with Crippen LogP contribution in [0, 0.1) is 13.8 Å². The largest absolute Gasteiger partial charge is 0.496 e. The van der Waals surface area contributed by atoms with Gasteiger partial charge < -0.3 is 10.1 Å². The molecule has 0 saturated carbocycles. The van der Waals surface area contributed by atoms with Crippen molar-refractivity contribution in [2.45, 2.75) is 25.5 Å². The first kappa shape index (κ1) is 22.6. The topological polar surface area (TPSA) is 73.2 Å². The highest BCUT2D eigenvalue weighted by atomic mass is 32.2. The number of rotatable bonds is 7. The van der Waals surface area contributed by atoms with Gasteiger partial charge in [0.15, 0.2) is 5.16 Å². The van der Waals surface area contributed by atoms with Crippen LogP contribution in [0.25, 0.3) is 16.6 Å². The monoisotopic (exact) mass is 459 g/mol. The zero-order valence-corrected chi connectivity index (χ0v) is 19.6. The van der Waals surface area contributed by atoms with E-state index in [2.05, 4.69) is 5.32 Å². The average Bonchev–Trinajstić information content (AvgIpc) is 2.82. The highest BCUT2D eigenvalue weighted by Crippen LogP contribution is 2.24. The van der Waals surface area contributed by atoms with Gasteiger partial charge >= 0.3 is 0 Å². The molecule has 0 aliphatic carbocycles. The molecule has 0 aliphatic heterocycles. The van der Waals surface area contributed by atoms with Crippen molar-refractivity contribution in [3.63, 3.8) is 0 Å². The lowest BCUT2D eigenvalue weighted by molar-refractivity contribution is -0.118. The number of thioether (sulfide) groups is 1. The first-order chi connectivity index (χ1) is 16.0. The summed E-state index contributed by atoms with van der Waals surface area (Å²) in [5, 5.41) is 3.95. The van der Waals surface area contributed by atoms with Gasteiger partial charge in [0.05, 0.1) is 29.5 Å². The van der Waals surface area contributed by atoms with Crippen LogP contribution in [0.3, 0.4) is 0 Å². The average molecular weight is 460 g/mol. The Kier molecular flexibility index (Phi) is 6.79. The number of hydrogen-bond donors (Lipinski definition) is 1. The van der Waals surface area contributed by atoms with E-state index >= 15 is 0 Å². The standard InChI is InChI=1S/C26H25N3O3S/c1-17-12-13-22(18(2)14-17)29-25(31)20-9-5-6-10-21(20)28-26(29)33-16-24(30)27-15-19-8-4-7-11-23(19)32-3/h4-14H,15-16H2,1-3H3,(H,27,30). The molecular weight excluding hydrogens is 434 g/mol. The molecule has 0 atom stereocenters. The number of nitrogens with zero attached hydrogens (tertiary/aromatic N) is 2. The summed E-state index contributed by atoms with van der Waals surface area (Å²) in [4.78, 5) is 30.7. The molecule has 0 aliphatic rings. The van der Waals surface area contributed by atoms with Crippen LogP contribution >= 0.6 is 11.8 Å². The molecule has 0 bridgehead atoms. The molecule has 4 rings (SSSR count). The third-order valence-electron chi connectivity index (χ3n) is 5.34. The summed E-state index contributed by atoms with van der Waals surface area (Å²) >= 11 is 1.25. The minimum absolute atomic E-state index is 0.130. The first-order valence-electron chi connectivity index (χ1n) is 10.6. The fourth-order valence-corrected chi connectivity index (χ4v) is 4.54. The van der Waals surface area contributed by atoms with Gasteiger partial charge in [-0.3, -0.25) is 14.2 Å². The molecule has 1 aromatic heterocycles. The fourth-order valence-electron chi connectivity index (χ4n) is 3.70. The van der Waals surface area contributed by atoms with Crippen molar-refractivity contribution in [2.24, 2.45) is 0 Å². The Labute approximate surface area is 196 Å². The summed E-state index contributed by atoms with van der Waals surface area (Å²) in [5.41, 5.74) is 4.21. The molecule has 1 N–H and O–H groups in total. The number of carbonyl (C=O) groups excluding carboxylic acids is 1. The summed E-state index contributed by atoms with van der Waals surface area (Å²) in [5.74, 6) is 0.705. The Bertz CT molecular complexity index is 1380. The summed E-state index contributed by atoms with van der Waals surface area (Å²) in [6, 6.07) is 20.8. The molecule has 6 nitrogen and oxygen atoms in total. The van der Waals surface area contributed by atoms with Crippen molar-refractivity contribution in [1.29, 1.82) is 0 Å². The maximum Gasteiger partial charge on any atom is 0.266 e. The number of carbonyl (C=O) groups is 1. The van der Waals surface area contributed by atoms with Gasteiger partial charge in [-0.25, -0.2) is 4.98 Å². The van der Waals surface area contributed by atoms with Crippen molar-refractivity contribution in [1.82, 2.24) is 14.9 Å². The van der Waals surface area contributed by atoms with Crippen molar-refractivity contribution in [3.8, 4) is 11.4 Å². The predicted molar refractivity (Wildman–Crippen MR) is 132 cm³/mol. The van der Waals surface area contributed by atoms with Gasteiger partial charge in [-0.1, -0.05) is 59.8 Å². The van der Waals surface area contributed by atoms with Crippen LogP contribution in [0.4, 0.5) is 0 Å². The van der Waals surface area contributed by atoms with Crippen LogP contribution in [0.5, 0.6) is 5.75 Å². The summed E-state index contributed by atoms with van der Waals surface area (Å²) in [7, 11) is 1.61.